The maximum absolute atomic E-state index is 12.9. The summed E-state index contributed by atoms with van der Waals surface area (Å²) in [6.07, 6.45) is 3.59. The van der Waals surface area contributed by atoms with Gasteiger partial charge in [-0.2, -0.15) is 5.10 Å². The fraction of sp³-hybridized carbons (Fsp3) is 0.200. The predicted octanol–water partition coefficient (Wildman–Crippen LogP) is 3.07. The number of ether oxygens (including phenoxy) is 2. The Morgan fingerprint density at radius 3 is 2.54 bits per heavy atom. The molecule has 1 N–H and O–H groups in total. The molecule has 1 aromatic heterocycles. The Kier molecular flexibility index (Phi) is 5.53. The number of rotatable bonds is 7. The number of benzene rings is 2. The van der Waals surface area contributed by atoms with E-state index in [0.717, 1.165) is 5.56 Å². The topological polar surface area (TPSA) is 65.4 Å². The van der Waals surface area contributed by atoms with E-state index in [1.807, 2.05) is 42.6 Å². The Labute approximate surface area is 152 Å². The summed E-state index contributed by atoms with van der Waals surface area (Å²) in [6.45, 7) is 0.523. The molecule has 0 unspecified atom stereocenters. The van der Waals surface area contributed by atoms with Gasteiger partial charge in [-0.3, -0.25) is 9.48 Å². The van der Waals surface area contributed by atoms with E-state index in [1.54, 1.807) is 36.2 Å². The van der Waals surface area contributed by atoms with Crippen molar-refractivity contribution in [3.05, 3.63) is 78.1 Å². The number of para-hydroxylation sites is 1. The van der Waals surface area contributed by atoms with E-state index < -0.39 is 0 Å². The number of nitrogens with one attached hydrogen (secondary N) is 1. The summed E-state index contributed by atoms with van der Waals surface area (Å²) in [5.41, 5.74) is 1.42. The first-order valence-corrected chi connectivity index (χ1v) is 8.27. The number of aromatic nitrogens is 2. The number of hydrogen-bond donors (Lipinski definition) is 1. The molecule has 0 aliphatic rings. The van der Waals surface area contributed by atoms with Gasteiger partial charge < -0.3 is 14.8 Å². The smallest absolute Gasteiger partial charge is 0.255 e. The highest BCUT2D eigenvalue weighted by atomic mass is 16.5. The van der Waals surface area contributed by atoms with Crippen molar-refractivity contribution in [2.75, 3.05) is 14.2 Å². The zero-order chi connectivity index (χ0) is 18.4. The summed E-state index contributed by atoms with van der Waals surface area (Å²) in [7, 11) is 3.07. The molecule has 1 heterocycles. The van der Waals surface area contributed by atoms with Gasteiger partial charge in [0.1, 0.15) is 0 Å². The third-order valence-electron chi connectivity index (χ3n) is 4.08. The molecular formula is C20H21N3O3. The number of carbonyl (C=O) groups excluding carboxylic acids is 1. The second kappa shape index (κ2) is 8.20. The molecule has 134 valence electrons. The number of methoxy groups -OCH3 is 2. The molecule has 6 heteroatoms. The Hall–Kier alpha value is -3.28. The Bertz CT molecular complexity index is 848. The molecule has 0 saturated carbocycles. The van der Waals surface area contributed by atoms with Gasteiger partial charge in [-0.25, -0.2) is 0 Å². The summed E-state index contributed by atoms with van der Waals surface area (Å²) in [4.78, 5) is 12.9. The van der Waals surface area contributed by atoms with Crippen molar-refractivity contribution in [3.8, 4) is 11.5 Å². The molecular weight excluding hydrogens is 330 g/mol. The van der Waals surface area contributed by atoms with Crippen LogP contribution in [0.1, 0.15) is 22.0 Å². The van der Waals surface area contributed by atoms with Gasteiger partial charge in [0.05, 0.1) is 32.4 Å². The second-order valence-electron chi connectivity index (χ2n) is 5.71. The van der Waals surface area contributed by atoms with Crippen LogP contribution in [-0.2, 0) is 6.54 Å². The molecule has 0 saturated heterocycles. The van der Waals surface area contributed by atoms with E-state index in [1.165, 1.54) is 7.11 Å². The lowest BCUT2D eigenvalue weighted by Crippen LogP contribution is -2.32. The third kappa shape index (κ3) is 3.85. The van der Waals surface area contributed by atoms with Crippen molar-refractivity contribution in [2.24, 2.45) is 0 Å². The van der Waals surface area contributed by atoms with Gasteiger partial charge in [0.2, 0.25) is 0 Å². The average molecular weight is 351 g/mol. The highest BCUT2D eigenvalue weighted by Crippen LogP contribution is 2.31. The Balaban J connectivity index is 1.88. The van der Waals surface area contributed by atoms with E-state index >= 15 is 0 Å². The first kappa shape index (κ1) is 17.5. The van der Waals surface area contributed by atoms with Crippen LogP contribution >= 0.6 is 0 Å². The van der Waals surface area contributed by atoms with Crippen LogP contribution in [0.2, 0.25) is 0 Å². The summed E-state index contributed by atoms with van der Waals surface area (Å²) < 4.78 is 12.5. The highest BCUT2D eigenvalue weighted by Gasteiger charge is 2.21. The van der Waals surface area contributed by atoms with E-state index in [-0.39, 0.29) is 11.9 Å². The van der Waals surface area contributed by atoms with Gasteiger partial charge in [0.15, 0.2) is 11.5 Å². The SMILES string of the molecule is COc1cccc(C(=O)N[C@H](Cn2cccn2)c2ccccc2)c1OC. The molecule has 0 spiro atoms. The van der Waals surface area contributed by atoms with Crippen LogP contribution in [0, 0.1) is 0 Å². The lowest BCUT2D eigenvalue weighted by Gasteiger charge is -2.20. The first-order chi connectivity index (χ1) is 12.7. The molecule has 2 aromatic carbocycles. The molecule has 1 atom stereocenters. The van der Waals surface area contributed by atoms with E-state index in [4.69, 9.17) is 9.47 Å². The van der Waals surface area contributed by atoms with Crippen LogP contribution in [0.15, 0.2) is 67.0 Å². The number of nitrogens with zero attached hydrogens (tertiary/aromatic N) is 2. The summed E-state index contributed by atoms with van der Waals surface area (Å²) in [5, 5.41) is 7.32. The fourth-order valence-corrected chi connectivity index (χ4v) is 2.82. The monoisotopic (exact) mass is 351 g/mol. The summed E-state index contributed by atoms with van der Waals surface area (Å²) >= 11 is 0. The van der Waals surface area contributed by atoms with Gasteiger partial charge in [0.25, 0.3) is 5.91 Å². The first-order valence-electron chi connectivity index (χ1n) is 8.27. The van der Waals surface area contributed by atoms with E-state index in [2.05, 4.69) is 10.4 Å². The van der Waals surface area contributed by atoms with Crippen LogP contribution in [0.25, 0.3) is 0 Å². The zero-order valence-corrected chi connectivity index (χ0v) is 14.8. The lowest BCUT2D eigenvalue weighted by atomic mass is 10.1. The highest BCUT2D eigenvalue weighted by molar-refractivity contribution is 5.98. The van der Waals surface area contributed by atoms with Gasteiger partial charge in [-0.05, 0) is 23.8 Å². The van der Waals surface area contributed by atoms with Crippen LogP contribution < -0.4 is 14.8 Å². The molecule has 0 fully saturated rings. The van der Waals surface area contributed by atoms with Crippen LogP contribution in [0.4, 0.5) is 0 Å². The van der Waals surface area contributed by atoms with Crippen LogP contribution in [-0.4, -0.2) is 29.9 Å². The molecule has 0 aliphatic heterocycles. The van der Waals surface area contributed by atoms with E-state index in [9.17, 15) is 4.79 Å². The maximum Gasteiger partial charge on any atom is 0.255 e. The van der Waals surface area contributed by atoms with Crippen molar-refractivity contribution in [1.82, 2.24) is 15.1 Å². The minimum atomic E-state index is -0.237. The lowest BCUT2D eigenvalue weighted by molar-refractivity contribution is 0.0928. The van der Waals surface area contributed by atoms with Gasteiger partial charge in [-0.1, -0.05) is 36.4 Å². The predicted molar refractivity (Wildman–Crippen MR) is 98.4 cm³/mol. The number of hydrogen-bond acceptors (Lipinski definition) is 4. The molecule has 6 nitrogen and oxygen atoms in total. The average Bonchev–Trinajstić information content (AvgIpc) is 3.20. The molecule has 3 aromatic rings. The number of amides is 1. The molecule has 0 bridgehead atoms. The fourth-order valence-electron chi connectivity index (χ4n) is 2.82. The largest absolute Gasteiger partial charge is 0.493 e. The Morgan fingerprint density at radius 2 is 1.88 bits per heavy atom. The quantitative estimate of drug-likeness (QED) is 0.710. The Morgan fingerprint density at radius 1 is 1.08 bits per heavy atom. The molecule has 0 radical (unpaired) electrons. The van der Waals surface area contributed by atoms with Gasteiger partial charge in [0, 0.05) is 12.4 Å². The second-order valence-corrected chi connectivity index (χ2v) is 5.71. The van der Waals surface area contributed by atoms with Crippen molar-refractivity contribution < 1.29 is 14.3 Å². The minimum absolute atomic E-state index is 0.234. The normalized spacial score (nSPS) is 11.6. The summed E-state index contributed by atoms with van der Waals surface area (Å²) in [5.74, 6) is 0.698. The summed E-state index contributed by atoms with van der Waals surface area (Å²) in [6, 6.07) is 16.7. The third-order valence-corrected chi connectivity index (χ3v) is 4.08. The molecule has 26 heavy (non-hydrogen) atoms. The van der Waals surface area contributed by atoms with Crippen molar-refractivity contribution in [3.63, 3.8) is 0 Å². The molecule has 1 amide bonds. The van der Waals surface area contributed by atoms with E-state index in [0.29, 0.717) is 23.6 Å². The van der Waals surface area contributed by atoms with Crippen LogP contribution in [0.5, 0.6) is 11.5 Å². The standard InChI is InChI=1S/C20H21N3O3/c1-25-18-11-6-10-16(19(18)26-2)20(24)22-17(14-23-13-7-12-21-23)15-8-4-3-5-9-15/h3-13,17H,14H2,1-2H3,(H,22,24)/t17-/m1/s1. The van der Waals surface area contributed by atoms with Crippen molar-refractivity contribution in [1.29, 1.82) is 0 Å². The van der Waals surface area contributed by atoms with Crippen molar-refractivity contribution >= 4 is 5.91 Å². The number of carbonyl (C=O) groups is 1. The van der Waals surface area contributed by atoms with Gasteiger partial charge >= 0.3 is 0 Å². The van der Waals surface area contributed by atoms with Gasteiger partial charge in [-0.15, -0.1) is 0 Å². The molecule has 0 aliphatic carbocycles. The van der Waals surface area contributed by atoms with Crippen LogP contribution in [0.3, 0.4) is 0 Å². The van der Waals surface area contributed by atoms with Crippen molar-refractivity contribution in [2.45, 2.75) is 12.6 Å². The zero-order valence-electron chi connectivity index (χ0n) is 14.8. The molecule has 3 rings (SSSR count). The maximum atomic E-state index is 12.9. The minimum Gasteiger partial charge on any atom is -0.493 e.